The van der Waals surface area contributed by atoms with Crippen molar-refractivity contribution in [3.8, 4) is 17.0 Å². The van der Waals surface area contributed by atoms with Gasteiger partial charge in [-0.25, -0.2) is 9.37 Å². The molecule has 0 atom stereocenters. The maximum Gasteiger partial charge on any atom is 0.232 e. The third-order valence-corrected chi connectivity index (χ3v) is 5.83. The van der Waals surface area contributed by atoms with Gasteiger partial charge in [0, 0.05) is 18.7 Å². The maximum absolute atomic E-state index is 14.0. The highest BCUT2D eigenvalue weighted by Gasteiger charge is 2.22. The van der Waals surface area contributed by atoms with Crippen LogP contribution in [0.4, 0.5) is 10.3 Å². The summed E-state index contributed by atoms with van der Waals surface area (Å²) < 4.78 is 27.2. The van der Waals surface area contributed by atoms with E-state index in [1.54, 1.807) is 12.3 Å². The Morgan fingerprint density at radius 2 is 1.84 bits per heavy atom. The van der Waals surface area contributed by atoms with Crippen molar-refractivity contribution in [3.05, 3.63) is 72.5 Å². The molecule has 158 valence electrons. The summed E-state index contributed by atoms with van der Waals surface area (Å²) in [7, 11) is 0. The third-order valence-electron chi connectivity index (χ3n) is 4.91. The van der Waals surface area contributed by atoms with Crippen molar-refractivity contribution < 1.29 is 13.5 Å². The summed E-state index contributed by atoms with van der Waals surface area (Å²) in [6, 6.07) is 16.3. The normalized spacial score (nSPS) is 14.2. The number of morpholine rings is 1. The monoisotopic (exact) mass is 437 g/mol. The highest BCUT2D eigenvalue weighted by atomic mass is 32.2. The van der Waals surface area contributed by atoms with Gasteiger partial charge in [0.2, 0.25) is 11.8 Å². The number of ether oxygens (including phenoxy) is 1. The number of aromatic nitrogens is 4. The lowest BCUT2D eigenvalue weighted by Gasteiger charge is -2.27. The number of anilines is 1. The van der Waals surface area contributed by atoms with Crippen molar-refractivity contribution in [1.29, 1.82) is 0 Å². The van der Waals surface area contributed by atoms with E-state index in [0.717, 1.165) is 11.3 Å². The van der Waals surface area contributed by atoms with Gasteiger partial charge in [0.1, 0.15) is 5.82 Å². The first-order valence-corrected chi connectivity index (χ1v) is 10.9. The Labute approximate surface area is 182 Å². The smallest absolute Gasteiger partial charge is 0.232 e. The van der Waals surface area contributed by atoms with E-state index in [1.807, 2.05) is 41.0 Å². The van der Waals surface area contributed by atoms with Gasteiger partial charge in [0.15, 0.2) is 10.9 Å². The van der Waals surface area contributed by atoms with Crippen LogP contribution >= 0.6 is 11.8 Å². The molecule has 2 aromatic carbocycles. The molecule has 3 heterocycles. The van der Waals surface area contributed by atoms with Gasteiger partial charge in [-0.1, -0.05) is 48.2 Å². The van der Waals surface area contributed by atoms with E-state index in [4.69, 9.17) is 9.15 Å². The number of oxazole rings is 1. The second-order valence-electron chi connectivity index (χ2n) is 6.97. The number of rotatable bonds is 6. The van der Waals surface area contributed by atoms with Gasteiger partial charge in [-0.3, -0.25) is 4.57 Å². The molecule has 7 nitrogen and oxygen atoms in total. The van der Waals surface area contributed by atoms with Gasteiger partial charge in [0.25, 0.3) is 0 Å². The van der Waals surface area contributed by atoms with Crippen LogP contribution in [0.15, 0.2) is 70.4 Å². The van der Waals surface area contributed by atoms with Crippen molar-refractivity contribution in [2.75, 3.05) is 31.2 Å². The largest absolute Gasteiger partial charge is 0.440 e. The fraction of sp³-hybridized carbons (Fsp3) is 0.227. The maximum atomic E-state index is 14.0. The molecule has 4 aromatic rings. The topological polar surface area (TPSA) is 69.2 Å². The average molecular weight is 438 g/mol. The number of benzene rings is 2. The Morgan fingerprint density at radius 1 is 1.00 bits per heavy atom. The van der Waals surface area contributed by atoms with E-state index in [1.165, 1.54) is 23.9 Å². The second kappa shape index (κ2) is 8.91. The predicted molar refractivity (Wildman–Crippen MR) is 116 cm³/mol. The van der Waals surface area contributed by atoms with Crippen molar-refractivity contribution >= 4 is 17.7 Å². The van der Waals surface area contributed by atoms with Crippen molar-refractivity contribution in [2.24, 2.45) is 0 Å². The summed E-state index contributed by atoms with van der Waals surface area (Å²) in [6.45, 7) is 2.66. The van der Waals surface area contributed by atoms with Crippen LogP contribution in [0.2, 0.25) is 0 Å². The molecule has 1 saturated heterocycles. The Hall–Kier alpha value is -3.17. The molecule has 0 bridgehead atoms. The predicted octanol–water partition coefficient (Wildman–Crippen LogP) is 4.19. The molecular weight excluding hydrogens is 417 g/mol. The summed E-state index contributed by atoms with van der Waals surface area (Å²) in [6.07, 6.45) is 1.72. The SMILES string of the molecule is Fc1cccc(-n2c(SCc3ncc(-c4ccccc4)o3)nnc2N2CCOCC2)c1. The van der Waals surface area contributed by atoms with Crippen LogP contribution in [0, 0.1) is 5.82 Å². The number of halogens is 1. The minimum absolute atomic E-state index is 0.310. The van der Waals surface area contributed by atoms with Crippen LogP contribution in [0.25, 0.3) is 17.0 Å². The Bertz CT molecular complexity index is 1160. The number of hydrogen-bond acceptors (Lipinski definition) is 7. The summed E-state index contributed by atoms with van der Waals surface area (Å²) in [5, 5.41) is 9.42. The van der Waals surface area contributed by atoms with Crippen molar-refractivity contribution in [1.82, 2.24) is 19.7 Å². The molecule has 1 fully saturated rings. The Morgan fingerprint density at radius 3 is 2.65 bits per heavy atom. The van der Waals surface area contributed by atoms with Crippen LogP contribution in [0.5, 0.6) is 0 Å². The van der Waals surface area contributed by atoms with Crippen molar-refractivity contribution in [2.45, 2.75) is 10.9 Å². The lowest BCUT2D eigenvalue weighted by molar-refractivity contribution is 0.122. The zero-order chi connectivity index (χ0) is 21.0. The average Bonchev–Trinajstić information content (AvgIpc) is 3.46. The van der Waals surface area contributed by atoms with E-state index in [9.17, 15) is 4.39 Å². The van der Waals surface area contributed by atoms with Crippen LogP contribution in [-0.4, -0.2) is 46.1 Å². The lowest BCUT2D eigenvalue weighted by Crippen LogP contribution is -2.37. The molecule has 2 aromatic heterocycles. The molecule has 0 N–H and O–H groups in total. The molecule has 1 aliphatic rings. The molecule has 0 unspecified atom stereocenters. The number of hydrogen-bond donors (Lipinski definition) is 0. The zero-order valence-corrected chi connectivity index (χ0v) is 17.5. The van der Waals surface area contributed by atoms with Crippen LogP contribution in [0.1, 0.15) is 5.89 Å². The first kappa shape index (κ1) is 19.8. The van der Waals surface area contributed by atoms with Gasteiger partial charge >= 0.3 is 0 Å². The van der Waals surface area contributed by atoms with E-state index in [-0.39, 0.29) is 5.82 Å². The molecule has 0 aliphatic carbocycles. The minimum atomic E-state index is -0.310. The molecule has 0 saturated carbocycles. The summed E-state index contributed by atoms with van der Waals surface area (Å²) in [5.41, 5.74) is 1.65. The molecular formula is C22H20FN5O2S. The summed E-state index contributed by atoms with van der Waals surface area (Å²) >= 11 is 1.45. The standard InChI is InChI=1S/C22H20FN5O2S/c23-17-7-4-8-18(13-17)28-21(27-9-11-29-12-10-27)25-26-22(28)31-15-20-24-14-19(30-20)16-5-2-1-3-6-16/h1-8,13-14H,9-12,15H2. The van der Waals surface area contributed by atoms with E-state index in [0.29, 0.717) is 54.7 Å². The summed E-state index contributed by atoms with van der Waals surface area (Å²) in [5.74, 6) is 2.15. The van der Waals surface area contributed by atoms with Gasteiger partial charge < -0.3 is 14.1 Å². The Kier molecular flexibility index (Phi) is 5.68. The van der Waals surface area contributed by atoms with Gasteiger partial charge in [-0.05, 0) is 18.2 Å². The van der Waals surface area contributed by atoms with Crippen LogP contribution in [-0.2, 0) is 10.5 Å². The summed E-state index contributed by atoms with van der Waals surface area (Å²) in [4.78, 5) is 6.49. The molecule has 5 rings (SSSR count). The fourth-order valence-electron chi connectivity index (χ4n) is 3.40. The first-order valence-electron chi connectivity index (χ1n) is 9.95. The third kappa shape index (κ3) is 4.33. The number of thioether (sulfide) groups is 1. The van der Waals surface area contributed by atoms with E-state index >= 15 is 0 Å². The molecule has 1 aliphatic heterocycles. The van der Waals surface area contributed by atoms with Crippen LogP contribution in [0.3, 0.4) is 0 Å². The van der Waals surface area contributed by atoms with E-state index in [2.05, 4.69) is 20.1 Å². The van der Waals surface area contributed by atoms with Gasteiger partial charge in [-0.15, -0.1) is 10.2 Å². The highest BCUT2D eigenvalue weighted by Crippen LogP contribution is 2.30. The fourth-order valence-corrected chi connectivity index (χ4v) is 4.20. The molecule has 0 amide bonds. The minimum Gasteiger partial charge on any atom is -0.440 e. The molecule has 9 heteroatoms. The van der Waals surface area contributed by atoms with E-state index < -0.39 is 0 Å². The lowest BCUT2D eigenvalue weighted by atomic mass is 10.2. The van der Waals surface area contributed by atoms with Gasteiger partial charge in [-0.2, -0.15) is 0 Å². The second-order valence-corrected chi connectivity index (χ2v) is 7.91. The Balaban J connectivity index is 1.41. The molecule has 0 spiro atoms. The van der Waals surface area contributed by atoms with Crippen molar-refractivity contribution in [3.63, 3.8) is 0 Å². The van der Waals surface area contributed by atoms with Crippen LogP contribution < -0.4 is 4.90 Å². The highest BCUT2D eigenvalue weighted by molar-refractivity contribution is 7.98. The van der Waals surface area contributed by atoms with Gasteiger partial charge in [0.05, 0.1) is 30.9 Å². The molecule has 31 heavy (non-hydrogen) atoms. The zero-order valence-electron chi connectivity index (χ0n) is 16.6. The molecule has 0 radical (unpaired) electrons. The quantitative estimate of drug-likeness (QED) is 0.419. The first-order chi connectivity index (χ1) is 15.3. The number of nitrogens with zero attached hydrogens (tertiary/aromatic N) is 5.